The number of aromatic nitrogens is 4. The lowest BCUT2D eigenvalue weighted by Crippen LogP contribution is -2.14. The molecule has 5 nitrogen and oxygen atoms in total. The predicted octanol–water partition coefficient (Wildman–Crippen LogP) is 2.08. The molecule has 0 saturated heterocycles. The summed E-state index contributed by atoms with van der Waals surface area (Å²) < 4.78 is 44.1. The molecule has 0 unspecified atom stereocenters. The topological polar surface area (TPSA) is 52.8 Å². The van der Waals surface area contributed by atoms with Gasteiger partial charge < -0.3 is 4.74 Å². The van der Waals surface area contributed by atoms with Crippen molar-refractivity contribution in [2.24, 2.45) is 0 Å². The molecule has 0 fully saturated rings. The van der Waals surface area contributed by atoms with Crippen molar-refractivity contribution in [1.29, 1.82) is 0 Å². The van der Waals surface area contributed by atoms with Crippen LogP contribution in [0.1, 0.15) is 12.6 Å². The van der Waals surface area contributed by atoms with Gasteiger partial charge in [-0.05, 0) is 13.0 Å². The molecule has 20 heavy (non-hydrogen) atoms. The minimum atomic E-state index is -4.52. The lowest BCUT2D eigenvalue weighted by Gasteiger charge is -2.09. The summed E-state index contributed by atoms with van der Waals surface area (Å²) in [6.45, 7) is 1.74. The maximum atomic E-state index is 12.8. The Morgan fingerprint density at radius 2 is 2.15 bits per heavy atom. The molecule has 0 spiro atoms. The molecule has 2 rings (SSSR count). The van der Waals surface area contributed by atoms with Crippen molar-refractivity contribution in [2.45, 2.75) is 13.1 Å². The van der Waals surface area contributed by atoms with E-state index in [0.29, 0.717) is 4.68 Å². The first-order valence-electron chi connectivity index (χ1n) is 5.48. The fraction of sp³-hybridized carbons (Fsp3) is 0.250. The minimum absolute atomic E-state index is 0.0308. The molecule has 0 amide bonds. The van der Waals surface area contributed by atoms with Gasteiger partial charge in [-0.2, -0.15) is 18.3 Å². The summed E-state index contributed by atoms with van der Waals surface area (Å²) >= 11 is 0. The van der Waals surface area contributed by atoms with E-state index in [2.05, 4.69) is 26.9 Å². The summed E-state index contributed by atoms with van der Waals surface area (Å²) in [4.78, 5) is 7.55. The summed E-state index contributed by atoms with van der Waals surface area (Å²) in [6.07, 6.45) is -2.37. The molecule has 0 aromatic carbocycles. The Hall–Kier alpha value is -2.56. The molecular weight excluding hydrogens is 273 g/mol. The van der Waals surface area contributed by atoms with E-state index in [4.69, 9.17) is 4.74 Å². The van der Waals surface area contributed by atoms with Crippen molar-refractivity contribution in [3.63, 3.8) is 0 Å². The van der Waals surface area contributed by atoms with Crippen LogP contribution < -0.4 is 4.74 Å². The fourth-order valence-electron chi connectivity index (χ4n) is 1.41. The number of nitrogens with zero attached hydrogens (tertiary/aromatic N) is 4. The molecule has 0 radical (unpaired) electrons. The van der Waals surface area contributed by atoms with E-state index >= 15 is 0 Å². The zero-order valence-corrected chi connectivity index (χ0v) is 10.3. The largest absolute Gasteiger partial charge is 0.464 e. The van der Waals surface area contributed by atoms with Gasteiger partial charge in [0.05, 0.1) is 6.20 Å². The van der Waals surface area contributed by atoms with Gasteiger partial charge in [0.25, 0.3) is 0 Å². The number of ether oxygens (including phenoxy) is 1. The molecule has 0 aliphatic carbocycles. The van der Waals surface area contributed by atoms with Crippen molar-refractivity contribution in [1.82, 2.24) is 19.7 Å². The Balaban J connectivity index is 2.31. The van der Waals surface area contributed by atoms with E-state index in [9.17, 15) is 13.2 Å². The third kappa shape index (κ3) is 3.06. The van der Waals surface area contributed by atoms with E-state index < -0.39 is 11.9 Å². The van der Waals surface area contributed by atoms with Crippen molar-refractivity contribution < 1.29 is 17.9 Å². The van der Waals surface area contributed by atoms with Crippen LogP contribution in [0.15, 0.2) is 24.7 Å². The summed E-state index contributed by atoms with van der Waals surface area (Å²) in [5.74, 6) is 5.37. The molecule has 0 aliphatic rings. The second kappa shape index (κ2) is 5.61. The summed E-state index contributed by atoms with van der Waals surface area (Å²) in [6, 6.07) is 2.13. The van der Waals surface area contributed by atoms with Gasteiger partial charge in [-0.1, -0.05) is 5.92 Å². The second-order valence-corrected chi connectivity index (χ2v) is 3.56. The van der Waals surface area contributed by atoms with Gasteiger partial charge in [0, 0.05) is 6.07 Å². The highest BCUT2D eigenvalue weighted by Crippen LogP contribution is 2.30. The van der Waals surface area contributed by atoms with Gasteiger partial charge in [0.2, 0.25) is 5.88 Å². The molecule has 0 bridgehead atoms. The van der Waals surface area contributed by atoms with Crippen LogP contribution in [0.3, 0.4) is 0 Å². The maximum absolute atomic E-state index is 12.8. The van der Waals surface area contributed by atoms with Crippen LogP contribution in [-0.4, -0.2) is 26.4 Å². The molecule has 0 atom stereocenters. The second-order valence-electron chi connectivity index (χ2n) is 3.56. The lowest BCUT2D eigenvalue weighted by molar-refractivity contribution is -0.142. The van der Waals surface area contributed by atoms with Gasteiger partial charge in [-0.3, -0.25) is 0 Å². The normalized spacial score (nSPS) is 10.8. The van der Waals surface area contributed by atoms with E-state index in [1.54, 1.807) is 6.92 Å². The van der Waals surface area contributed by atoms with E-state index in [1.807, 2.05) is 0 Å². The Morgan fingerprint density at radius 1 is 1.35 bits per heavy atom. The quantitative estimate of drug-likeness (QED) is 0.809. The standard InChI is InChI=1S/C12H9F3N4O/c1-2-3-6-20-11-7-10(16-8-17-11)19-9(4-5-18-19)12(13,14)15/h4-5,7-8H,6H2,1H3. The Labute approximate surface area is 112 Å². The van der Waals surface area contributed by atoms with E-state index in [1.165, 1.54) is 6.07 Å². The highest BCUT2D eigenvalue weighted by molar-refractivity contribution is 5.29. The van der Waals surface area contributed by atoms with Crippen molar-refractivity contribution in [3.8, 4) is 23.5 Å². The van der Waals surface area contributed by atoms with E-state index in [0.717, 1.165) is 18.6 Å². The molecule has 2 aromatic heterocycles. The van der Waals surface area contributed by atoms with Crippen LogP contribution in [0.2, 0.25) is 0 Å². The van der Waals surface area contributed by atoms with Crippen molar-refractivity contribution >= 4 is 0 Å². The molecular formula is C12H9F3N4O. The smallest absolute Gasteiger partial charge is 0.433 e. The Morgan fingerprint density at radius 3 is 2.85 bits per heavy atom. The van der Waals surface area contributed by atoms with Crippen LogP contribution in [0, 0.1) is 11.8 Å². The average Bonchev–Trinajstić information content (AvgIpc) is 2.88. The first kappa shape index (κ1) is 13.9. The fourth-order valence-corrected chi connectivity index (χ4v) is 1.41. The zero-order chi connectivity index (χ0) is 14.6. The van der Waals surface area contributed by atoms with Crippen molar-refractivity contribution in [2.75, 3.05) is 6.61 Å². The monoisotopic (exact) mass is 282 g/mol. The SMILES string of the molecule is CC#CCOc1cc(-n2nccc2C(F)(F)F)ncn1. The number of rotatable bonds is 3. The number of hydrogen-bond acceptors (Lipinski definition) is 4. The van der Waals surface area contributed by atoms with Crippen molar-refractivity contribution in [3.05, 3.63) is 30.4 Å². The molecule has 2 heterocycles. The summed E-state index contributed by atoms with van der Waals surface area (Å²) in [5, 5.41) is 3.61. The predicted molar refractivity (Wildman–Crippen MR) is 63.1 cm³/mol. The lowest BCUT2D eigenvalue weighted by atomic mass is 10.4. The summed E-state index contributed by atoms with van der Waals surface area (Å²) in [7, 11) is 0. The summed E-state index contributed by atoms with van der Waals surface area (Å²) in [5.41, 5.74) is -0.921. The van der Waals surface area contributed by atoms with Crippen LogP contribution in [0.5, 0.6) is 5.88 Å². The molecule has 104 valence electrons. The maximum Gasteiger partial charge on any atom is 0.433 e. The van der Waals surface area contributed by atoms with Crippen LogP contribution in [0.25, 0.3) is 5.82 Å². The minimum Gasteiger partial charge on any atom is -0.464 e. The van der Waals surface area contributed by atoms with Crippen LogP contribution >= 0.6 is 0 Å². The van der Waals surface area contributed by atoms with Gasteiger partial charge >= 0.3 is 6.18 Å². The van der Waals surface area contributed by atoms with Gasteiger partial charge in [-0.25, -0.2) is 14.6 Å². The molecule has 0 saturated carbocycles. The first-order valence-corrected chi connectivity index (χ1v) is 5.48. The van der Waals surface area contributed by atoms with Gasteiger partial charge in [-0.15, -0.1) is 5.92 Å². The van der Waals surface area contributed by atoms with Crippen LogP contribution in [-0.2, 0) is 6.18 Å². The Kier molecular flexibility index (Phi) is 3.89. The molecule has 8 heteroatoms. The third-order valence-electron chi connectivity index (χ3n) is 2.25. The van der Waals surface area contributed by atoms with E-state index in [-0.39, 0.29) is 18.3 Å². The highest BCUT2D eigenvalue weighted by Gasteiger charge is 2.35. The average molecular weight is 282 g/mol. The number of alkyl halides is 3. The third-order valence-corrected chi connectivity index (χ3v) is 2.25. The molecule has 0 N–H and O–H groups in total. The highest BCUT2D eigenvalue weighted by atomic mass is 19.4. The Bertz CT molecular complexity index is 654. The number of halogens is 3. The van der Waals surface area contributed by atoms with Gasteiger partial charge in [0.15, 0.2) is 12.4 Å². The van der Waals surface area contributed by atoms with Crippen LogP contribution in [0.4, 0.5) is 13.2 Å². The number of hydrogen-bond donors (Lipinski definition) is 0. The molecule has 2 aromatic rings. The first-order chi connectivity index (χ1) is 9.52. The molecule has 0 aliphatic heterocycles. The van der Waals surface area contributed by atoms with Gasteiger partial charge in [0.1, 0.15) is 12.0 Å². The zero-order valence-electron chi connectivity index (χ0n) is 10.3.